The summed E-state index contributed by atoms with van der Waals surface area (Å²) in [5.41, 5.74) is 0.145. The Bertz CT molecular complexity index is 235. The van der Waals surface area contributed by atoms with Crippen molar-refractivity contribution in [3.05, 3.63) is 0 Å². The highest BCUT2D eigenvalue weighted by Gasteiger charge is 2.38. The Morgan fingerprint density at radius 1 is 1.47 bits per heavy atom. The average molecular weight is 228 g/mol. The van der Waals surface area contributed by atoms with Gasteiger partial charge in [0.05, 0.1) is 5.75 Å². The fraction of sp³-hybridized carbons (Fsp3) is 0.909. The van der Waals surface area contributed by atoms with Gasteiger partial charge in [0, 0.05) is 10.8 Å². The second-order valence-corrected chi connectivity index (χ2v) is 6.16. The molecule has 0 aromatic carbocycles. The van der Waals surface area contributed by atoms with E-state index >= 15 is 0 Å². The van der Waals surface area contributed by atoms with Crippen LogP contribution in [0.1, 0.15) is 32.6 Å². The summed E-state index contributed by atoms with van der Waals surface area (Å²) in [6.07, 6.45) is 4.71. The molecule has 15 heavy (non-hydrogen) atoms. The topological polar surface area (TPSA) is 41.1 Å². The molecule has 4 heteroatoms. The van der Waals surface area contributed by atoms with Gasteiger partial charge in [0.15, 0.2) is 0 Å². The first-order valence-electron chi connectivity index (χ1n) is 5.81. The first kappa shape index (κ1) is 11.3. The van der Waals surface area contributed by atoms with E-state index in [1.165, 1.54) is 12.8 Å². The van der Waals surface area contributed by atoms with Crippen LogP contribution in [0.15, 0.2) is 0 Å². The Morgan fingerprint density at radius 2 is 2.13 bits per heavy atom. The number of hydrogen-bond acceptors (Lipinski definition) is 3. The molecular weight excluding hydrogens is 208 g/mol. The Hall–Kier alpha value is -0.220. The molecule has 0 spiro atoms. The molecular formula is C11H20N2OS. The number of piperidine rings is 1. The number of thioether (sulfide) groups is 1. The smallest absolute Gasteiger partial charge is 0.230 e. The maximum Gasteiger partial charge on any atom is 0.230 e. The Morgan fingerprint density at radius 3 is 2.73 bits per heavy atom. The van der Waals surface area contributed by atoms with Crippen molar-refractivity contribution in [2.75, 3.05) is 18.8 Å². The van der Waals surface area contributed by atoms with Crippen LogP contribution in [0.2, 0.25) is 0 Å². The summed E-state index contributed by atoms with van der Waals surface area (Å²) >= 11 is 1.82. The van der Waals surface area contributed by atoms with Crippen LogP contribution in [0.5, 0.6) is 0 Å². The molecule has 0 aromatic heterocycles. The SMILES string of the molecule is CC1(NC(=O)CSC2CCNCC2)CC1. The fourth-order valence-electron chi connectivity index (χ4n) is 1.84. The Balaban J connectivity index is 1.61. The highest BCUT2D eigenvalue weighted by atomic mass is 32.2. The van der Waals surface area contributed by atoms with Gasteiger partial charge in [0.25, 0.3) is 0 Å². The summed E-state index contributed by atoms with van der Waals surface area (Å²) in [4.78, 5) is 11.6. The molecule has 86 valence electrons. The number of amides is 1. The molecule has 0 atom stereocenters. The Kier molecular flexibility index (Phi) is 3.57. The van der Waals surface area contributed by atoms with Crippen molar-refractivity contribution in [2.24, 2.45) is 0 Å². The Labute approximate surface area is 95.8 Å². The van der Waals surface area contributed by atoms with Gasteiger partial charge in [0.1, 0.15) is 0 Å². The van der Waals surface area contributed by atoms with Gasteiger partial charge in [-0.15, -0.1) is 11.8 Å². The van der Waals surface area contributed by atoms with Crippen molar-refractivity contribution in [3.8, 4) is 0 Å². The maximum absolute atomic E-state index is 11.6. The summed E-state index contributed by atoms with van der Waals surface area (Å²) in [5.74, 6) is 0.860. The van der Waals surface area contributed by atoms with Gasteiger partial charge in [-0.05, 0) is 45.7 Å². The first-order valence-corrected chi connectivity index (χ1v) is 6.86. The molecule has 1 saturated carbocycles. The lowest BCUT2D eigenvalue weighted by Crippen LogP contribution is -2.36. The van der Waals surface area contributed by atoms with E-state index in [0.717, 1.165) is 25.9 Å². The van der Waals surface area contributed by atoms with Crippen LogP contribution in [0.3, 0.4) is 0 Å². The molecule has 0 aromatic rings. The molecule has 2 fully saturated rings. The van der Waals surface area contributed by atoms with E-state index < -0.39 is 0 Å². The third kappa shape index (κ3) is 3.68. The van der Waals surface area contributed by atoms with Crippen LogP contribution in [-0.2, 0) is 4.79 Å². The van der Waals surface area contributed by atoms with Crippen molar-refractivity contribution in [1.82, 2.24) is 10.6 Å². The highest BCUT2D eigenvalue weighted by molar-refractivity contribution is 8.00. The van der Waals surface area contributed by atoms with E-state index in [0.29, 0.717) is 11.0 Å². The summed E-state index contributed by atoms with van der Waals surface area (Å²) in [6, 6.07) is 0. The van der Waals surface area contributed by atoms with Crippen LogP contribution >= 0.6 is 11.8 Å². The number of nitrogens with one attached hydrogen (secondary N) is 2. The average Bonchev–Trinajstić information content (AvgIpc) is 2.95. The molecule has 2 N–H and O–H groups in total. The number of carbonyl (C=O) groups is 1. The van der Waals surface area contributed by atoms with Gasteiger partial charge in [-0.25, -0.2) is 0 Å². The van der Waals surface area contributed by atoms with E-state index in [1.807, 2.05) is 11.8 Å². The minimum absolute atomic E-state index is 0.145. The lowest BCUT2D eigenvalue weighted by atomic mass is 10.2. The van der Waals surface area contributed by atoms with Crippen molar-refractivity contribution in [2.45, 2.75) is 43.4 Å². The molecule has 3 nitrogen and oxygen atoms in total. The maximum atomic E-state index is 11.6. The van der Waals surface area contributed by atoms with E-state index in [-0.39, 0.29) is 11.4 Å². The molecule has 1 saturated heterocycles. The van der Waals surface area contributed by atoms with Gasteiger partial charge >= 0.3 is 0 Å². The summed E-state index contributed by atoms with van der Waals surface area (Å²) < 4.78 is 0. The van der Waals surface area contributed by atoms with E-state index in [9.17, 15) is 4.79 Å². The normalized spacial score (nSPS) is 24.9. The van der Waals surface area contributed by atoms with Crippen molar-refractivity contribution in [3.63, 3.8) is 0 Å². The lowest BCUT2D eigenvalue weighted by molar-refractivity contribution is -0.119. The molecule has 0 bridgehead atoms. The van der Waals surface area contributed by atoms with Gasteiger partial charge in [-0.3, -0.25) is 4.79 Å². The monoisotopic (exact) mass is 228 g/mol. The van der Waals surface area contributed by atoms with Crippen LogP contribution < -0.4 is 10.6 Å². The lowest BCUT2D eigenvalue weighted by Gasteiger charge is -2.22. The third-order valence-corrected chi connectivity index (χ3v) is 4.55. The van der Waals surface area contributed by atoms with Gasteiger partial charge in [-0.1, -0.05) is 0 Å². The minimum atomic E-state index is 0.145. The van der Waals surface area contributed by atoms with Crippen molar-refractivity contribution >= 4 is 17.7 Å². The molecule has 2 rings (SSSR count). The number of hydrogen-bond donors (Lipinski definition) is 2. The van der Waals surface area contributed by atoms with E-state index in [4.69, 9.17) is 0 Å². The van der Waals surface area contributed by atoms with Gasteiger partial charge in [-0.2, -0.15) is 0 Å². The predicted molar refractivity (Wildman–Crippen MR) is 64.1 cm³/mol. The second kappa shape index (κ2) is 4.74. The summed E-state index contributed by atoms with van der Waals surface area (Å²) in [7, 11) is 0. The van der Waals surface area contributed by atoms with Gasteiger partial charge < -0.3 is 10.6 Å². The summed E-state index contributed by atoms with van der Waals surface area (Å²) in [6.45, 7) is 4.34. The summed E-state index contributed by atoms with van der Waals surface area (Å²) in [5, 5.41) is 7.12. The molecule has 0 unspecified atom stereocenters. The molecule has 1 heterocycles. The fourth-order valence-corrected chi connectivity index (χ4v) is 2.87. The molecule has 2 aliphatic rings. The largest absolute Gasteiger partial charge is 0.350 e. The quantitative estimate of drug-likeness (QED) is 0.758. The minimum Gasteiger partial charge on any atom is -0.350 e. The highest BCUT2D eigenvalue weighted by Crippen LogP contribution is 2.34. The van der Waals surface area contributed by atoms with Crippen molar-refractivity contribution < 1.29 is 4.79 Å². The van der Waals surface area contributed by atoms with Crippen molar-refractivity contribution in [1.29, 1.82) is 0 Å². The van der Waals surface area contributed by atoms with Gasteiger partial charge in [0.2, 0.25) is 5.91 Å². The second-order valence-electron chi connectivity index (χ2n) is 4.87. The molecule has 1 aliphatic carbocycles. The van der Waals surface area contributed by atoms with Crippen LogP contribution in [0.25, 0.3) is 0 Å². The number of rotatable bonds is 4. The first-order chi connectivity index (χ1) is 7.18. The zero-order valence-electron chi connectivity index (χ0n) is 9.34. The molecule has 1 aliphatic heterocycles. The predicted octanol–water partition coefficient (Wildman–Crippen LogP) is 1.14. The van der Waals surface area contributed by atoms with E-state index in [1.54, 1.807) is 0 Å². The zero-order valence-corrected chi connectivity index (χ0v) is 10.2. The molecule has 0 radical (unpaired) electrons. The zero-order chi connectivity index (χ0) is 10.7. The third-order valence-electron chi connectivity index (χ3n) is 3.18. The standard InChI is InChI=1S/C11H20N2OS/c1-11(4-5-11)13-10(14)8-15-9-2-6-12-7-3-9/h9,12H,2-8H2,1H3,(H,13,14). The molecule has 1 amide bonds. The van der Waals surface area contributed by atoms with E-state index in [2.05, 4.69) is 17.6 Å². The van der Waals surface area contributed by atoms with Crippen LogP contribution in [0, 0.1) is 0 Å². The number of carbonyl (C=O) groups excluding carboxylic acids is 1. The van der Waals surface area contributed by atoms with Crippen LogP contribution in [-0.4, -0.2) is 35.5 Å². The van der Waals surface area contributed by atoms with Crippen LogP contribution in [0.4, 0.5) is 0 Å².